The van der Waals surface area contributed by atoms with E-state index in [9.17, 15) is 10.2 Å². The number of hydrogen-bond donors (Lipinski definition) is 2. The highest BCUT2D eigenvalue weighted by Crippen LogP contribution is 2.31. The number of methoxy groups -OCH3 is 1. The molecule has 0 aliphatic carbocycles. The van der Waals surface area contributed by atoms with E-state index in [4.69, 9.17) is 10.00 Å². The van der Waals surface area contributed by atoms with E-state index in [1.807, 2.05) is 6.07 Å². The highest BCUT2D eigenvalue weighted by Gasteiger charge is 2.13. The van der Waals surface area contributed by atoms with Gasteiger partial charge in [-0.1, -0.05) is 0 Å². The molecule has 0 aromatic heterocycles. The summed E-state index contributed by atoms with van der Waals surface area (Å²) in [5, 5.41) is 27.4. The fourth-order valence-corrected chi connectivity index (χ4v) is 1.18. The van der Waals surface area contributed by atoms with Gasteiger partial charge >= 0.3 is 0 Å². The predicted octanol–water partition coefficient (Wildman–Crippen LogP) is 1.33. The van der Waals surface area contributed by atoms with Crippen LogP contribution in [0, 0.1) is 11.3 Å². The summed E-state index contributed by atoms with van der Waals surface area (Å²) in [5.74, 6) is 0.227. The zero-order chi connectivity index (χ0) is 10.7. The topological polar surface area (TPSA) is 73.5 Å². The van der Waals surface area contributed by atoms with Gasteiger partial charge in [-0.25, -0.2) is 0 Å². The number of phenolic OH excluding ortho intramolecular Hbond substituents is 1. The van der Waals surface area contributed by atoms with E-state index in [-0.39, 0.29) is 11.3 Å². The number of ether oxygens (including phenoxy) is 1. The van der Waals surface area contributed by atoms with Crippen LogP contribution in [0.25, 0.3) is 0 Å². The number of phenols is 1. The summed E-state index contributed by atoms with van der Waals surface area (Å²) in [4.78, 5) is 0. The van der Waals surface area contributed by atoms with E-state index in [1.54, 1.807) is 6.92 Å². The largest absolute Gasteiger partial charge is 0.506 e. The van der Waals surface area contributed by atoms with Crippen LogP contribution in [0.15, 0.2) is 12.1 Å². The van der Waals surface area contributed by atoms with Crippen LogP contribution in [0.5, 0.6) is 11.5 Å². The van der Waals surface area contributed by atoms with Gasteiger partial charge in [-0.05, 0) is 13.0 Å². The van der Waals surface area contributed by atoms with E-state index in [0.717, 1.165) is 0 Å². The monoisotopic (exact) mass is 193 g/mol. The van der Waals surface area contributed by atoms with Crippen LogP contribution in [-0.2, 0) is 0 Å². The van der Waals surface area contributed by atoms with Crippen molar-refractivity contribution in [3.63, 3.8) is 0 Å². The first-order valence-corrected chi connectivity index (χ1v) is 4.09. The quantitative estimate of drug-likeness (QED) is 0.743. The third kappa shape index (κ3) is 1.78. The molecule has 4 nitrogen and oxygen atoms in total. The number of benzene rings is 1. The summed E-state index contributed by atoms with van der Waals surface area (Å²) in [6.07, 6.45) is -0.738. The lowest BCUT2D eigenvalue weighted by Gasteiger charge is -2.11. The summed E-state index contributed by atoms with van der Waals surface area (Å²) in [6, 6.07) is 4.56. The van der Waals surface area contributed by atoms with E-state index in [0.29, 0.717) is 11.3 Å². The zero-order valence-corrected chi connectivity index (χ0v) is 7.98. The molecule has 0 amide bonds. The number of rotatable bonds is 2. The molecule has 14 heavy (non-hydrogen) atoms. The van der Waals surface area contributed by atoms with Gasteiger partial charge in [0.2, 0.25) is 0 Å². The molecule has 0 bridgehead atoms. The summed E-state index contributed by atoms with van der Waals surface area (Å²) in [7, 11) is 1.44. The lowest BCUT2D eigenvalue weighted by Crippen LogP contribution is -1.97. The Labute approximate surface area is 82.0 Å². The van der Waals surface area contributed by atoms with Gasteiger partial charge in [0, 0.05) is 11.6 Å². The van der Waals surface area contributed by atoms with Gasteiger partial charge in [0.05, 0.1) is 18.8 Å². The molecule has 1 aromatic rings. The second-order valence-corrected chi connectivity index (χ2v) is 2.90. The van der Waals surface area contributed by atoms with Crippen LogP contribution in [-0.4, -0.2) is 17.3 Å². The number of nitrogens with zero attached hydrogens (tertiary/aromatic N) is 1. The SMILES string of the molecule is COc1cc(O)c(C#N)cc1C(C)O. The van der Waals surface area contributed by atoms with Gasteiger partial charge in [0.25, 0.3) is 0 Å². The van der Waals surface area contributed by atoms with E-state index >= 15 is 0 Å². The van der Waals surface area contributed by atoms with Crippen molar-refractivity contribution in [2.45, 2.75) is 13.0 Å². The molecular formula is C10H11NO3. The molecule has 74 valence electrons. The average Bonchev–Trinajstić information content (AvgIpc) is 2.16. The Morgan fingerprint density at radius 2 is 2.14 bits per heavy atom. The van der Waals surface area contributed by atoms with Gasteiger partial charge in [0.15, 0.2) is 0 Å². The van der Waals surface area contributed by atoms with E-state index in [2.05, 4.69) is 0 Å². The molecule has 0 aliphatic heterocycles. The Balaban J connectivity index is 3.34. The Bertz CT molecular complexity index is 380. The minimum absolute atomic E-state index is 0.127. The number of hydrogen-bond acceptors (Lipinski definition) is 4. The molecule has 1 aromatic carbocycles. The van der Waals surface area contributed by atoms with Crippen molar-refractivity contribution in [2.24, 2.45) is 0 Å². The van der Waals surface area contributed by atoms with Gasteiger partial charge in [-0.15, -0.1) is 0 Å². The zero-order valence-electron chi connectivity index (χ0n) is 7.98. The summed E-state index contributed by atoms with van der Waals surface area (Å²) in [6.45, 7) is 1.57. The molecule has 1 unspecified atom stereocenters. The maximum atomic E-state index is 9.38. The van der Waals surface area contributed by atoms with Crippen molar-refractivity contribution in [3.05, 3.63) is 23.3 Å². The van der Waals surface area contributed by atoms with Crippen LogP contribution in [0.4, 0.5) is 0 Å². The molecule has 0 aliphatic rings. The Hall–Kier alpha value is -1.73. The summed E-state index contributed by atoms with van der Waals surface area (Å²) < 4.78 is 4.96. The molecule has 0 saturated carbocycles. The maximum Gasteiger partial charge on any atom is 0.137 e. The van der Waals surface area contributed by atoms with Crippen LogP contribution in [0.1, 0.15) is 24.2 Å². The minimum atomic E-state index is -0.738. The van der Waals surface area contributed by atoms with Crippen LogP contribution >= 0.6 is 0 Å². The molecule has 4 heteroatoms. The maximum absolute atomic E-state index is 9.38. The Kier molecular flexibility index (Phi) is 2.95. The molecule has 1 atom stereocenters. The van der Waals surface area contributed by atoms with Crippen molar-refractivity contribution in [2.75, 3.05) is 7.11 Å². The molecule has 0 fully saturated rings. The van der Waals surface area contributed by atoms with Crippen LogP contribution in [0.2, 0.25) is 0 Å². The van der Waals surface area contributed by atoms with E-state index < -0.39 is 6.10 Å². The standard InChI is InChI=1S/C10H11NO3/c1-6(12)8-3-7(5-11)9(13)4-10(8)14-2/h3-4,6,12-13H,1-2H3. The van der Waals surface area contributed by atoms with Gasteiger partial charge in [0.1, 0.15) is 17.6 Å². The fraction of sp³-hybridized carbons (Fsp3) is 0.300. The Morgan fingerprint density at radius 1 is 1.50 bits per heavy atom. The van der Waals surface area contributed by atoms with Crippen molar-refractivity contribution >= 4 is 0 Å². The van der Waals surface area contributed by atoms with Gasteiger partial charge in [-0.2, -0.15) is 5.26 Å². The second kappa shape index (κ2) is 3.99. The van der Waals surface area contributed by atoms with Crippen molar-refractivity contribution in [1.29, 1.82) is 5.26 Å². The number of nitriles is 1. The molecule has 2 N–H and O–H groups in total. The van der Waals surface area contributed by atoms with Crippen molar-refractivity contribution in [3.8, 4) is 17.6 Å². The molecule has 0 saturated heterocycles. The number of aromatic hydroxyl groups is 1. The lowest BCUT2D eigenvalue weighted by molar-refractivity contribution is 0.194. The Morgan fingerprint density at radius 3 is 2.57 bits per heavy atom. The lowest BCUT2D eigenvalue weighted by atomic mass is 10.1. The number of aliphatic hydroxyl groups excluding tert-OH is 1. The van der Waals surface area contributed by atoms with Crippen LogP contribution in [0.3, 0.4) is 0 Å². The first-order chi connectivity index (χ1) is 6.60. The average molecular weight is 193 g/mol. The minimum Gasteiger partial charge on any atom is -0.506 e. The molecular weight excluding hydrogens is 182 g/mol. The predicted molar refractivity (Wildman–Crippen MR) is 50.0 cm³/mol. The fourth-order valence-electron chi connectivity index (χ4n) is 1.18. The van der Waals surface area contributed by atoms with Gasteiger partial charge < -0.3 is 14.9 Å². The molecule has 1 rings (SSSR count). The summed E-state index contributed by atoms with van der Waals surface area (Å²) >= 11 is 0. The smallest absolute Gasteiger partial charge is 0.137 e. The molecule has 0 radical (unpaired) electrons. The normalized spacial score (nSPS) is 11.9. The van der Waals surface area contributed by atoms with E-state index in [1.165, 1.54) is 19.2 Å². The second-order valence-electron chi connectivity index (χ2n) is 2.90. The molecule has 0 heterocycles. The van der Waals surface area contributed by atoms with Crippen LogP contribution < -0.4 is 4.74 Å². The van der Waals surface area contributed by atoms with Crippen molar-refractivity contribution < 1.29 is 14.9 Å². The highest BCUT2D eigenvalue weighted by atomic mass is 16.5. The third-order valence-electron chi connectivity index (χ3n) is 1.92. The van der Waals surface area contributed by atoms with Gasteiger partial charge in [-0.3, -0.25) is 0 Å². The first kappa shape index (κ1) is 10.4. The van der Waals surface area contributed by atoms with Crippen molar-refractivity contribution in [1.82, 2.24) is 0 Å². The highest BCUT2D eigenvalue weighted by molar-refractivity contribution is 5.51. The molecule has 0 spiro atoms. The first-order valence-electron chi connectivity index (χ1n) is 4.09. The summed E-state index contributed by atoms with van der Waals surface area (Å²) in [5.41, 5.74) is 0.614. The number of aliphatic hydroxyl groups is 1. The third-order valence-corrected chi connectivity index (χ3v) is 1.92.